The molecular formula is C32H29BN2O3. The number of allylic oxidation sites excluding steroid dienone is 5. The molecule has 0 fully saturated rings. The van der Waals surface area contributed by atoms with E-state index in [1.165, 1.54) is 0 Å². The molecule has 0 spiro atoms. The Bertz CT molecular complexity index is 1480. The number of benzene rings is 3. The number of para-hydroxylation sites is 1. The molecule has 2 radical (unpaired) electrons. The smallest absolute Gasteiger partial charge is 0.167 e. The van der Waals surface area contributed by atoms with Gasteiger partial charge in [-0.05, 0) is 59.9 Å². The summed E-state index contributed by atoms with van der Waals surface area (Å²) in [6.07, 6.45) is 5.24. The van der Waals surface area contributed by atoms with E-state index in [-0.39, 0.29) is 23.7 Å². The molecule has 1 heterocycles. The lowest BCUT2D eigenvalue weighted by Gasteiger charge is -2.29. The van der Waals surface area contributed by atoms with Crippen molar-refractivity contribution in [2.75, 3.05) is 7.05 Å². The van der Waals surface area contributed by atoms with Gasteiger partial charge in [0.1, 0.15) is 25.2 Å². The summed E-state index contributed by atoms with van der Waals surface area (Å²) in [5, 5.41) is 20.0. The van der Waals surface area contributed by atoms with E-state index in [1.54, 1.807) is 42.5 Å². The number of nitrogens with zero attached hydrogens (tertiary/aromatic N) is 2. The Balaban J connectivity index is 1.47. The molecule has 0 aliphatic carbocycles. The molecule has 4 rings (SSSR count). The van der Waals surface area contributed by atoms with Crippen molar-refractivity contribution in [2.24, 2.45) is 4.99 Å². The lowest BCUT2D eigenvalue weighted by atomic mass is 9.93. The van der Waals surface area contributed by atoms with Crippen LogP contribution in [0.1, 0.15) is 28.7 Å². The largest absolute Gasteiger partial charge is 0.508 e. The minimum Gasteiger partial charge on any atom is -0.508 e. The highest BCUT2D eigenvalue weighted by Crippen LogP contribution is 2.28. The summed E-state index contributed by atoms with van der Waals surface area (Å²) < 4.78 is 0. The first-order chi connectivity index (χ1) is 18.3. The van der Waals surface area contributed by atoms with Crippen LogP contribution in [0, 0.1) is 0 Å². The molecule has 3 aromatic rings. The molecular weight excluding hydrogens is 471 g/mol. The predicted molar refractivity (Wildman–Crippen MR) is 154 cm³/mol. The van der Waals surface area contributed by atoms with Crippen LogP contribution < -0.4 is 0 Å². The minimum atomic E-state index is -0.0903. The molecule has 0 unspecified atom stereocenters. The quantitative estimate of drug-likeness (QED) is 0.292. The number of hydrogen-bond donors (Lipinski definition) is 2. The van der Waals surface area contributed by atoms with Crippen molar-refractivity contribution in [2.45, 2.75) is 19.3 Å². The first kappa shape index (κ1) is 26.5. The van der Waals surface area contributed by atoms with Crippen LogP contribution >= 0.6 is 0 Å². The van der Waals surface area contributed by atoms with Gasteiger partial charge in [0.15, 0.2) is 5.78 Å². The van der Waals surface area contributed by atoms with E-state index >= 15 is 0 Å². The van der Waals surface area contributed by atoms with Gasteiger partial charge in [-0.25, -0.2) is 4.99 Å². The van der Waals surface area contributed by atoms with Crippen molar-refractivity contribution >= 4 is 24.9 Å². The van der Waals surface area contributed by atoms with Gasteiger partial charge in [0.25, 0.3) is 0 Å². The fraction of sp³-hybridized carbons (Fsp3) is 0.125. The number of phenols is 2. The molecule has 0 amide bonds. The van der Waals surface area contributed by atoms with Crippen molar-refractivity contribution in [3.63, 3.8) is 0 Å². The molecule has 5 nitrogen and oxygen atoms in total. The molecule has 0 saturated heterocycles. The average Bonchev–Trinajstić information content (AvgIpc) is 2.92. The lowest BCUT2D eigenvalue weighted by Crippen LogP contribution is -2.24. The molecule has 0 bridgehead atoms. The van der Waals surface area contributed by atoms with Crippen LogP contribution in [-0.4, -0.2) is 41.5 Å². The number of rotatable bonds is 9. The van der Waals surface area contributed by atoms with Crippen molar-refractivity contribution in [3.8, 4) is 11.5 Å². The summed E-state index contributed by atoms with van der Waals surface area (Å²) in [4.78, 5) is 19.3. The Morgan fingerprint density at radius 3 is 2.39 bits per heavy atom. The normalized spacial score (nSPS) is 14.4. The Kier molecular flexibility index (Phi) is 8.12. The number of hydrogen-bond acceptors (Lipinski definition) is 5. The summed E-state index contributed by atoms with van der Waals surface area (Å²) in [7, 11) is 8.10. The number of aliphatic imine (C=N–C) groups is 1. The van der Waals surface area contributed by atoms with E-state index in [4.69, 9.17) is 7.85 Å². The highest BCUT2D eigenvalue weighted by molar-refractivity contribution is 6.24. The average molecular weight is 500 g/mol. The van der Waals surface area contributed by atoms with Crippen LogP contribution in [-0.2, 0) is 17.6 Å². The summed E-state index contributed by atoms with van der Waals surface area (Å²) in [6, 6.07) is 21.6. The third-order valence-electron chi connectivity index (χ3n) is 6.52. The Hall–Kier alpha value is -4.58. The predicted octanol–water partition coefficient (Wildman–Crippen LogP) is 5.70. The molecule has 2 N–H and O–H groups in total. The number of phenolic OH excluding ortho intramolecular Hbond substituents is 2. The van der Waals surface area contributed by atoms with Gasteiger partial charge < -0.3 is 15.1 Å². The van der Waals surface area contributed by atoms with E-state index in [1.807, 2.05) is 54.4 Å². The van der Waals surface area contributed by atoms with Gasteiger partial charge in [-0.1, -0.05) is 73.2 Å². The molecule has 0 aromatic heterocycles. The molecule has 1 aliphatic rings. The first-order valence-electron chi connectivity index (χ1n) is 12.3. The Labute approximate surface area is 224 Å². The van der Waals surface area contributed by atoms with Gasteiger partial charge >= 0.3 is 0 Å². The maximum atomic E-state index is 12.7. The molecule has 188 valence electrons. The maximum Gasteiger partial charge on any atom is 0.167 e. The zero-order valence-electron chi connectivity index (χ0n) is 21.4. The van der Waals surface area contributed by atoms with Gasteiger partial charge in [-0.3, -0.25) is 4.79 Å². The highest BCUT2D eigenvalue weighted by Gasteiger charge is 2.20. The fourth-order valence-corrected chi connectivity index (χ4v) is 4.27. The standard InChI is InChI=1S/C32H29BN2O3/c1-4-28(33)32-34-29(27-10-5-6-11-30(27)37)20-25(35(32)3)17-16-22-12-14-23(15-13-22)18-31(38)21(2)24-8-7-9-26(36)19-24/h4-15,19-20,36-37H,1-2,16-18H2,3H3/b32-28+. The molecule has 1 aliphatic heterocycles. The molecule has 6 heteroatoms. The summed E-state index contributed by atoms with van der Waals surface area (Å²) in [5.41, 5.74) is 5.73. The second kappa shape index (κ2) is 11.7. The topological polar surface area (TPSA) is 73.1 Å². The van der Waals surface area contributed by atoms with Crippen LogP contribution in [0.2, 0.25) is 0 Å². The van der Waals surface area contributed by atoms with Crippen LogP contribution in [0.5, 0.6) is 11.5 Å². The monoisotopic (exact) mass is 500 g/mol. The van der Waals surface area contributed by atoms with E-state index in [9.17, 15) is 15.0 Å². The molecule has 0 atom stereocenters. The van der Waals surface area contributed by atoms with Crippen LogP contribution in [0.3, 0.4) is 0 Å². The third-order valence-corrected chi connectivity index (χ3v) is 6.52. The summed E-state index contributed by atoms with van der Waals surface area (Å²) >= 11 is 0. The zero-order valence-corrected chi connectivity index (χ0v) is 21.4. The van der Waals surface area contributed by atoms with E-state index in [2.05, 4.69) is 18.2 Å². The Morgan fingerprint density at radius 2 is 1.71 bits per heavy atom. The number of aromatic hydroxyl groups is 2. The Morgan fingerprint density at radius 1 is 1.00 bits per heavy atom. The lowest BCUT2D eigenvalue weighted by molar-refractivity contribution is -0.113. The van der Waals surface area contributed by atoms with Crippen molar-refractivity contribution < 1.29 is 15.0 Å². The summed E-state index contributed by atoms with van der Waals surface area (Å²) in [6.45, 7) is 7.69. The van der Waals surface area contributed by atoms with Gasteiger partial charge in [-0.2, -0.15) is 0 Å². The number of carbonyl (C=O) groups is 1. The molecule has 3 aromatic carbocycles. The van der Waals surface area contributed by atoms with Gasteiger partial charge in [0.05, 0.1) is 5.71 Å². The van der Waals surface area contributed by atoms with Crippen LogP contribution in [0.25, 0.3) is 5.57 Å². The van der Waals surface area contributed by atoms with Gasteiger partial charge in [-0.15, -0.1) is 0 Å². The third kappa shape index (κ3) is 6.04. The minimum absolute atomic E-state index is 0.0903. The van der Waals surface area contributed by atoms with E-state index in [0.29, 0.717) is 40.1 Å². The van der Waals surface area contributed by atoms with E-state index in [0.717, 1.165) is 23.2 Å². The van der Waals surface area contributed by atoms with Crippen molar-refractivity contribution in [1.29, 1.82) is 0 Å². The molecule has 38 heavy (non-hydrogen) atoms. The van der Waals surface area contributed by atoms with Crippen molar-refractivity contribution in [1.82, 2.24) is 4.90 Å². The van der Waals surface area contributed by atoms with Crippen molar-refractivity contribution in [3.05, 3.63) is 137 Å². The second-order valence-electron chi connectivity index (χ2n) is 9.14. The molecule has 0 saturated carbocycles. The number of aryl methyl sites for hydroxylation is 1. The maximum absolute atomic E-state index is 12.7. The van der Waals surface area contributed by atoms with Crippen LogP contribution in [0.15, 0.2) is 120 Å². The highest BCUT2D eigenvalue weighted by atomic mass is 16.3. The number of ketones is 1. The van der Waals surface area contributed by atoms with Crippen LogP contribution in [0.4, 0.5) is 0 Å². The SMILES string of the molecule is [B]/C(C=C)=C1\N=C(c2ccccc2O)C=C(CCc2ccc(CC(=O)C(=C)c3cccc(O)c3)cc2)N1C. The first-order valence-corrected chi connectivity index (χ1v) is 12.3. The second-order valence-corrected chi connectivity index (χ2v) is 9.14. The van der Waals surface area contributed by atoms with E-state index < -0.39 is 0 Å². The zero-order chi connectivity index (χ0) is 27.2. The van der Waals surface area contributed by atoms with Gasteiger partial charge in [0.2, 0.25) is 0 Å². The summed E-state index contributed by atoms with van der Waals surface area (Å²) in [5.74, 6) is 0.747. The van der Waals surface area contributed by atoms with Gasteiger partial charge in [0, 0.05) is 30.3 Å². The fourth-order valence-electron chi connectivity index (χ4n) is 4.27. The number of carbonyl (C=O) groups excluding carboxylic acids is 1. The number of Topliss-reactive ketones (excluding diaryl/α,β-unsaturated/α-hetero) is 1.